The van der Waals surface area contributed by atoms with Gasteiger partial charge in [0.25, 0.3) is 0 Å². The Balaban J connectivity index is 2.28. The predicted molar refractivity (Wildman–Crippen MR) is 64.0 cm³/mol. The van der Waals surface area contributed by atoms with Gasteiger partial charge in [0.05, 0.1) is 5.54 Å². The highest BCUT2D eigenvalue weighted by molar-refractivity contribution is 5.29. The van der Waals surface area contributed by atoms with Crippen LogP contribution < -0.4 is 5.32 Å². The molecule has 0 aliphatic carbocycles. The molecule has 1 aliphatic heterocycles. The number of rotatable bonds is 1. The molecule has 15 heavy (non-hydrogen) atoms. The maximum atomic E-state index is 3.63. The van der Waals surface area contributed by atoms with E-state index in [1.165, 1.54) is 11.1 Å². The van der Waals surface area contributed by atoms with Gasteiger partial charge in [0.2, 0.25) is 0 Å². The summed E-state index contributed by atoms with van der Waals surface area (Å²) in [4.78, 5) is 2.39. The van der Waals surface area contributed by atoms with Crippen molar-refractivity contribution in [3.63, 3.8) is 0 Å². The summed E-state index contributed by atoms with van der Waals surface area (Å²) in [6.45, 7) is 7.73. The summed E-state index contributed by atoms with van der Waals surface area (Å²) in [5.41, 5.74) is 2.84. The Morgan fingerprint density at radius 1 is 1.40 bits per heavy atom. The highest BCUT2D eigenvalue weighted by atomic mass is 15.2. The van der Waals surface area contributed by atoms with Crippen LogP contribution in [-0.2, 0) is 5.54 Å². The molecule has 2 heteroatoms. The van der Waals surface area contributed by atoms with Crippen LogP contribution in [0.1, 0.15) is 18.1 Å². The molecule has 0 spiro atoms. The molecule has 1 aromatic carbocycles. The number of piperazine rings is 1. The molecule has 0 aromatic heterocycles. The zero-order valence-electron chi connectivity index (χ0n) is 9.88. The van der Waals surface area contributed by atoms with E-state index in [1.54, 1.807) is 0 Å². The van der Waals surface area contributed by atoms with Gasteiger partial charge in [-0.3, -0.25) is 0 Å². The first-order valence-corrected chi connectivity index (χ1v) is 5.61. The Kier molecular flexibility index (Phi) is 2.81. The summed E-state index contributed by atoms with van der Waals surface area (Å²) < 4.78 is 0. The van der Waals surface area contributed by atoms with Crippen molar-refractivity contribution in [2.75, 3.05) is 26.7 Å². The van der Waals surface area contributed by atoms with E-state index in [4.69, 9.17) is 0 Å². The molecule has 1 heterocycles. The average Bonchev–Trinajstić information content (AvgIpc) is 2.17. The summed E-state index contributed by atoms with van der Waals surface area (Å²) in [5, 5.41) is 3.63. The van der Waals surface area contributed by atoms with Gasteiger partial charge in [-0.1, -0.05) is 29.8 Å². The minimum atomic E-state index is 0.110. The molecule has 0 amide bonds. The molecular formula is C13H20N2. The van der Waals surface area contributed by atoms with Crippen molar-refractivity contribution >= 4 is 0 Å². The smallest absolute Gasteiger partial charge is 0.0535 e. The van der Waals surface area contributed by atoms with E-state index in [-0.39, 0.29) is 5.54 Å². The zero-order valence-corrected chi connectivity index (χ0v) is 9.88. The van der Waals surface area contributed by atoms with Crippen LogP contribution in [0.3, 0.4) is 0 Å². The second-order valence-electron chi connectivity index (χ2n) is 4.87. The van der Waals surface area contributed by atoms with Gasteiger partial charge in [0, 0.05) is 19.6 Å². The van der Waals surface area contributed by atoms with Gasteiger partial charge < -0.3 is 10.2 Å². The van der Waals surface area contributed by atoms with Crippen LogP contribution >= 0.6 is 0 Å². The molecule has 1 fully saturated rings. The van der Waals surface area contributed by atoms with Crippen molar-refractivity contribution in [2.24, 2.45) is 0 Å². The second-order valence-corrected chi connectivity index (χ2v) is 4.87. The van der Waals surface area contributed by atoms with Gasteiger partial charge in [0.1, 0.15) is 0 Å². The van der Waals surface area contributed by atoms with Crippen molar-refractivity contribution in [3.8, 4) is 0 Å². The van der Waals surface area contributed by atoms with Crippen LogP contribution in [0.15, 0.2) is 24.3 Å². The summed E-state index contributed by atoms with van der Waals surface area (Å²) in [7, 11) is 2.19. The molecule has 1 N–H and O–H groups in total. The van der Waals surface area contributed by atoms with Gasteiger partial charge in [-0.25, -0.2) is 0 Å². The molecular weight excluding hydrogens is 184 g/mol. The number of hydrogen-bond acceptors (Lipinski definition) is 2. The lowest BCUT2D eigenvalue weighted by Crippen LogP contribution is -2.55. The monoisotopic (exact) mass is 204 g/mol. The largest absolute Gasteiger partial charge is 0.305 e. The van der Waals surface area contributed by atoms with Gasteiger partial charge in [-0.2, -0.15) is 0 Å². The molecule has 0 bridgehead atoms. The predicted octanol–water partition coefficient (Wildman–Crippen LogP) is 1.75. The van der Waals surface area contributed by atoms with E-state index in [1.807, 2.05) is 0 Å². The molecule has 1 aromatic rings. The summed E-state index contributed by atoms with van der Waals surface area (Å²) >= 11 is 0. The van der Waals surface area contributed by atoms with Crippen LogP contribution in [0.2, 0.25) is 0 Å². The topological polar surface area (TPSA) is 15.3 Å². The van der Waals surface area contributed by atoms with Crippen LogP contribution in [-0.4, -0.2) is 31.6 Å². The third kappa shape index (κ3) is 2.21. The quantitative estimate of drug-likeness (QED) is 0.749. The molecule has 1 aliphatic rings. The van der Waals surface area contributed by atoms with Crippen LogP contribution in [0.4, 0.5) is 0 Å². The molecule has 1 unspecified atom stereocenters. The Bertz CT molecular complexity index is 348. The number of hydrogen-bond donors (Lipinski definition) is 1. The van der Waals surface area contributed by atoms with Gasteiger partial charge in [0.15, 0.2) is 0 Å². The molecule has 2 rings (SSSR count). The summed E-state index contributed by atoms with van der Waals surface area (Å²) in [6, 6.07) is 8.80. The average molecular weight is 204 g/mol. The Labute approximate surface area is 92.3 Å². The third-order valence-corrected chi connectivity index (χ3v) is 3.25. The maximum absolute atomic E-state index is 3.63. The lowest BCUT2D eigenvalue weighted by atomic mass is 9.89. The van der Waals surface area contributed by atoms with Gasteiger partial charge in [-0.15, -0.1) is 0 Å². The number of nitrogens with zero attached hydrogens (tertiary/aromatic N) is 1. The molecule has 1 saturated heterocycles. The number of benzene rings is 1. The number of likely N-dealkylation sites (N-methyl/N-ethyl adjacent to an activating group) is 1. The van der Waals surface area contributed by atoms with Gasteiger partial charge >= 0.3 is 0 Å². The van der Waals surface area contributed by atoms with Crippen LogP contribution in [0.25, 0.3) is 0 Å². The van der Waals surface area contributed by atoms with E-state index >= 15 is 0 Å². The highest BCUT2D eigenvalue weighted by Crippen LogP contribution is 2.24. The molecule has 1 atom stereocenters. The van der Waals surface area contributed by atoms with Gasteiger partial charge in [-0.05, 0) is 26.5 Å². The first-order chi connectivity index (χ1) is 7.10. The minimum Gasteiger partial charge on any atom is -0.305 e. The summed E-state index contributed by atoms with van der Waals surface area (Å²) in [6.07, 6.45) is 0. The van der Waals surface area contributed by atoms with E-state index in [9.17, 15) is 0 Å². The van der Waals surface area contributed by atoms with Crippen molar-refractivity contribution in [1.82, 2.24) is 10.2 Å². The van der Waals surface area contributed by atoms with Crippen molar-refractivity contribution < 1.29 is 0 Å². The third-order valence-electron chi connectivity index (χ3n) is 3.25. The number of aryl methyl sites for hydroxylation is 1. The Morgan fingerprint density at radius 3 is 2.87 bits per heavy atom. The standard InChI is InChI=1S/C13H20N2/c1-11-5-4-6-12(9-11)13(2)10-15(3)8-7-14-13/h4-6,9,14H,7-8,10H2,1-3H3. The second kappa shape index (κ2) is 3.95. The first-order valence-electron chi connectivity index (χ1n) is 5.61. The maximum Gasteiger partial charge on any atom is 0.0535 e. The fraction of sp³-hybridized carbons (Fsp3) is 0.538. The minimum absolute atomic E-state index is 0.110. The van der Waals surface area contributed by atoms with E-state index in [2.05, 4.69) is 55.4 Å². The van der Waals surface area contributed by atoms with Crippen LogP contribution in [0.5, 0.6) is 0 Å². The Hall–Kier alpha value is -0.860. The molecule has 2 nitrogen and oxygen atoms in total. The zero-order chi connectivity index (χ0) is 10.9. The van der Waals surface area contributed by atoms with Crippen molar-refractivity contribution in [2.45, 2.75) is 19.4 Å². The first kappa shape index (κ1) is 10.7. The molecule has 0 saturated carbocycles. The fourth-order valence-electron chi connectivity index (χ4n) is 2.38. The fourth-order valence-corrected chi connectivity index (χ4v) is 2.38. The normalized spacial score (nSPS) is 27.9. The lowest BCUT2D eigenvalue weighted by molar-refractivity contribution is 0.171. The van der Waals surface area contributed by atoms with E-state index in [0.29, 0.717) is 0 Å². The van der Waals surface area contributed by atoms with E-state index < -0.39 is 0 Å². The highest BCUT2D eigenvalue weighted by Gasteiger charge is 2.30. The van der Waals surface area contributed by atoms with Crippen molar-refractivity contribution in [3.05, 3.63) is 35.4 Å². The SMILES string of the molecule is Cc1cccc(C2(C)CN(C)CCN2)c1. The molecule has 82 valence electrons. The molecule has 0 radical (unpaired) electrons. The Morgan fingerprint density at radius 2 is 2.20 bits per heavy atom. The summed E-state index contributed by atoms with van der Waals surface area (Å²) in [5.74, 6) is 0. The lowest BCUT2D eigenvalue weighted by Gasteiger charge is -2.40. The number of nitrogens with one attached hydrogen (secondary N) is 1. The van der Waals surface area contributed by atoms with Crippen LogP contribution in [0, 0.1) is 6.92 Å². The van der Waals surface area contributed by atoms with Crippen molar-refractivity contribution in [1.29, 1.82) is 0 Å². The van der Waals surface area contributed by atoms with E-state index in [0.717, 1.165) is 19.6 Å².